The van der Waals surface area contributed by atoms with Crippen LogP contribution < -0.4 is 0 Å². The average Bonchev–Trinajstić information content (AvgIpc) is 2.75. The predicted molar refractivity (Wildman–Crippen MR) is 72.5 cm³/mol. The van der Waals surface area contributed by atoms with Crippen LogP contribution in [0, 0.1) is 5.82 Å². The van der Waals surface area contributed by atoms with Gasteiger partial charge in [-0.3, -0.25) is 9.69 Å². The van der Waals surface area contributed by atoms with Crippen molar-refractivity contribution in [2.75, 3.05) is 13.6 Å². The monoisotopic (exact) mass is 260 g/mol. The molecule has 0 bridgehead atoms. The maximum Gasteiger partial charge on any atom is 0.193 e. The quantitative estimate of drug-likeness (QED) is 0.772. The molecule has 3 nitrogen and oxygen atoms in total. The Morgan fingerprint density at radius 1 is 1.32 bits per heavy atom. The number of carbonyl (C=O) groups excluding carboxylic acids is 1. The normalized spacial score (nSPS) is 10.9. The molecule has 0 unspecified atom stereocenters. The highest BCUT2D eigenvalue weighted by Gasteiger charge is 2.12. The SMILES string of the molecule is CN(CC(=O)c1cccn1C)Cc1cccc(F)c1. The molecule has 2 aromatic rings. The molecule has 4 heteroatoms. The van der Waals surface area contributed by atoms with Gasteiger partial charge in [0.05, 0.1) is 12.2 Å². The van der Waals surface area contributed by atoms with E-state index in [4.69, 9.17) is 0 Å². The molecule has 0 aliphatic rings. The fourth-order valence-electron chi connectivity index (χ4n) is 2.08. The lowest BCUT2D eigenvalue weighted by Gasteiger charge is -2.16. The number of aryl methyl sites for hydroxylation is 1. The summed E-state index contributed by atoms with van der Waals surface area (Å²) < 4.78 is 14.9. The number of halogens is 1. The van der Waals surface area contributed by atoms with E-state index in [0.29, 0.717) is 18.8 Å². The lowest BCUT2D eigenvalue weighted by Crippen LogP contribution is -2.26. The van der Waals surface area contributed by atoms with Crippen molar-refractivity contribution in [3.63, 3.8) is 0 Å². The molecule has 1 aromatic carbocycles. The summed E-state index contributed by atoms with van der Waals surface area (Å²) in [5.74, 6) is -0.189. The Morgan fingerprint density at radius 2 is 2.11 bits per heavy atom. The zero-order valence-corrected chi connectivity index (χ0v) is 11.1. The minimum Gasteiger partial charge on any atom is -0.348 e. The Bertz CT molecular complexity index is 577. The van der Waals surface area contributed by atoms with Crippen molar-refractivity contribution in [1.29, 1.82) is 0 Å². The van der Waals surface area contributed by atoms with Gasteiger partial charge in [0.15, 0.2) is 5.78 Å². The number of hydrogen-bond donors (Lipinski definition) is 0. The van der Waals surface area contributed by atoms with E-state index in [1.54, 1.807) is 16.7 Å². The molecule has 0 spiro atoms. The Balaban J connectivity index is 1.96. The smallest absolute Gasteiger partial charge is 0.193 e. The molecular weight excluding hydrogens is 243 g/mol. The van der Waals surface area contributed by atoms with Gasteiger partial charge in [0.25, 0.3) is 0 Å². The van der Waals surface area contributed by atoms with Gasteiger partial charge in [-0.2, -0.15) is 0 Å². The van der Waals surface area contributed by atoms with Gasteiger partial charge < -0.3 is 4.57 Å². The van der Waals surface area contributed by atoms with Crippen LogP contribution in [-0.2, 0) is 13.6 Å². The zero-order valence-electron chi connectivity index (χ0n) is 11.1. The van der Waals surface area contributed by atoms with Crippen molar-refractivity contribution in [1.82, 2.24) is 9.47 Å². The molecule has 19 heavy (non-hydrogen) atoms. The number of hydrogen-bond acceptors (Lipinski definition) is 2. The molecule has 2 rings (SSSR count). The third kappa shape index (κ3) is 3.51. The molecule has 0 aliphatic carbocycles. The number of ketones is 1. The van der Waals surface area contributed by atoms with Crippen molar-refractivity contribution >= 4 is 5.78 Å². The summed E-state index contributed by atoms with van der Waals surface area (Å²) in [4.78, 5) is 13.9. The maximum atomic E-state index is 13.1. The van der Waals surface area contributed by atoms with Crippen LogP contribution in [0.15, 0.2) is 42.6 Å². The Labute approximate surface area is 112 Å². The largest absolute Gasteiger partial charge is 0.348 e. The van der Waals surface area contributed by atoms with Gasteiger partial charge in [-0.05, 0) is 36.9 Å². The van der Waals surface area contributed by atoms with E-state index in [1.165, 1.54) is 12.1 Å². The number of Topliss-reactive ketones (excluding diaryl/α,β-unsaturated/α-hetero) is 1. The van der Waals surface area contributed by atoms with Crippen LogP contribution in [-0.4, -0.2) is 28.8 Å². The van der Waals surface area contributed by atoms with Gasteiger partial charge in [0.2, 0.25) is 0 Å². The lowest BCUT2D eigenvalue weighted by atomic mass is 10.2. The third-order valence-electron chi connectivity index (χ3n) is 2.98. The van der Waals surface area contributed by atoms with E-state index in [2.05, 4.69) is 0 Å². The van der Waals surface area contributed by atoms with Crippen LogP contribution in [0.1, 0.15) is 16.1 Å². The van der Waals surface area contributed by atoms with Crippen LogP contribution in [0.3, 0.4) is 0 Å². The second kappa shape index (κ2) is 5.80. The van der Waals surface area contributed by atoms with E-state index in [0.717, 1.165) is 5.56 Å². The molecule has 0 aliphatic heterocycles. The number of carbonyl (C=O) groups is 1. The van der Waals surface area contributed by atoms with E-state index in [9.17, 15) is 9.18 Å². The number of aromatic nitrogens is 1. The molecule has 0 amide bonds. The first kappa shape index (κ1) is 13.5. The summed E-state index contributed by atoms with van der Waals surface area (Å²) in [5, 5.41) is 0. The summed E-state index contributed by atoms with van der Waals surface area (Å²) in [6, 6.07) is 10.1. The van der Waals surface area contributed by atoms with Crippen LogP contribution in [0.2, 0.25) is 0 Å². The first-order chi connectivity index (χ1) is 9.06. The molecular formula is C15H17FN2O. The molecule has 0 saturated carbocycles. The van der Waals surface area contributed by atoms with E-state index >= 15 is 0 Å². The highest BCUT2D eigenvalue weighted by molar-refractivity contribution is 5.96. The number of rotatable bonds is 5. The minimum atomic E-state index is -0.250. The summed E-state index contributed by atoms with van der Waals surface area (Å²) >= 11 is 0. The van der Waals surface area contributed by atoms with Gasteiger partial charge in [-0.25, -0.2) is 4.39 Å². The third-order valence-corrected chi connectivity index (χ3v) is 2.98. The average molecular weight is 260 g/mol. The van der Waals surface area contributed by atoms with E-state index in [1.807, 2.05) is 37.3 Å². The fraction of sp³-hybridized carbons (Fsp3) is 0.267. The zero-order chi connectivity index (χ0) is 13.8. The summed E-state index contributed by atoms with van der Waals surface area (Å²) in [5.41, 5.74) is 1.55. The van der Waals surface area contributed by atoms with Crippen LogP contribution >= 0.6 is 0 Å². The highest BCUT2D eigenvalue weighted by Crippen LogP contribution is 2.08. The van der Waals surface area contributed by atoms with Crippen molar-refractivity contribution in [3.8, 4) is 0 Å². The summed E-state index contributed by atoms with van der Waals surface area (Å²) in [7, 11) is 3.70. The second-order valence-corrected chi connectivity index (χ2v) is 4.73. The molecule has 0 radical (unpaired) electrons. The molecule has 0 atom stereocenters. The van der Waals surface area contributed by atoms with E-state index in [-0.39, 0.29) is 11.6 Å². The standard InChI is InChI=1S/C15H17FN2O/c1-17(10-12-5-3-6-13(16)9-12)11-15(19)14-7-4-8-18(14)2/h3-9H,10-11H2,1-2H3. The van der Waals surface area contributed by atoms with Gasteiger partial charge in [0, 0.05) is 19.8 Å². The lowest BCUT2D eigenvalue weighted by molar-refractivity contribution is 0.0935. The summed E-state index contributed by atoms with van der Waals surface area (Å²) in [6.45, 7) is 0.863. The van der Waals surface area contributed by atoms with Crippen LogP contribution in [0.4, 0.5) is 4.39 Å². The van der Waals surface area contributed by atoms with Crippen LogP contribution in [0.25, 0.3) is 0 Å². The predicted octanol–water partition coefficient (Wildman–Crippen LogP) is 2.48. The summed E-state index contributed by atoms with van der Waals surface area (Å²) in [6.07, 6.45) is 1.85. The molecule has 0 fully saturated rings. The molecule has 1 heterocycles. The Kier molecular flexibility index (Phi) is 4.12. The Morgan fingerprint density at radius 3 is 2.74 bits per heavy atom. The van der Waals surface area contributed by atoms with Gasteiger partial charge in [0.1, 0.15) is 5.82 Å². The minimum absolute atomic E-state index is 0.0615. The van der Waals surface area contributed by atoms with Crippen molar-refractivity contribution < 1.29 is 9.18 Å². The number of likely N-dealkylation sites (N-methyl/N-ethyl adjacent to an activating group) is 1. The second-order valence-electron chi connectivity index (χ2n) is 4.73. The van der Waals surface area contributed by atoms with Crippen molar-refractivity contribution in [3.05, 3.63) is 59.7 Å². The number of benzene rings is 1. The molecule has 100 valence electrons. The van der Waals surface area contributed by atoms with Crippen molar-refractivity contribution in [2.24, 2.45) is 7.05 Å². The number of nitrogens with zero attached hydrogens (tertiary/aromatic N) is 2. The highest BCUT2D eigenvalue weighted by atomic mass is 19.1. The molecule has 1 aromatic heterocycles. The van der Waals surface area contributed by atoms with Crippen LogP contribution in [0.5, 0.6) is 0 Å². The first-order valence-electron chi connectivity index (χ1n) is 6.14. The van der Waals surface area contributed by atoms with Gasteiger partial charge in [-0.15, -0.1) is 0 Å². The topological polar surface area (TPSA) is 25.2 Å². The van der Waals surface area contributed by atoms with Crippen molar-refractivity contribution in [2.45, 2.75) is 6.54 Å². The molecule has 0 N–H and O–H groups in total. The maximum absolute atomic E-state index is 13.1. The fourth-order valence-corrected chi connectivity index (χ4v) is 2.08. The van der Waals surface area contributed by atoms with E-state index < -0.39 is 0 Å². The Hall–Kier alpha value is -1.94. The first-order valence-corrected chi connectivity index (χ1v) is 6.14. The van der Waals surface area contributed by atoms with Gasteiger partial charge >= 0.3 is 0 Å². The molecule has 0 saturated heterocycles. The van der Waals surface area contributed by atoms with Gasteiger partial charge in [-0.1, -0.05) is 12.1 Å².